The van der Waals surface area contributed by atoms with Gasteiger partial charge in [0.2, 0.25) is 35.4 Å². The molecule has 2 heterocycles. The van der Waals surface area contributed by atoms with Gasteiger partial charge in [0.1, 0.15) is 29.9 Å². The van der Waals surface area contributed by atoms with Crippen LogP contribution in [-0.4, -0.2) is 119 Å². The molecule has 3 rings (SSSR count). The van der Waals surface area contributed by atoms with Gasteiger partial charge >= 0.3 is 5.97 Å². The maximum atomic E-state index is 14.0. The summed E-state index contributed by atoms with van der Waals surface area (Å²) in [5, 5.41) is 21.9. The Morgan fingerprint density at radius 1 is 0.907 bits per heavy atom. The molecule has 21 heteroatoms. The van der Waals surface area contributed by atoms with Gasteiger partial charge in [-0.2, -0.15) is 0 Å². The van der Waals surface area contributed by atoms with E-state index in [1.807, 2.05) is 0 Å². The van der Waals surface area contributed by atoms with Crippen LogP contribution in [0.1, 0.15) is 50.5 Å². The Labute approximate surface area is 319 Å². The topological polar surface area (TPSA) is 311 Å². The van der Waals surface area contributed by atoms with E-state index in [2.05, 4.69) is 31.6 Å². The van der Waals surface area contributed by atoms with Crippen molar-refractivity contribution in [3.8, 4) is 0 Å². The summed E-state index contributed by atoms with van der Waals surface area (Å²) in [6.45, 7) is -0.265. The highest BCUT2D eigenvalue weighted by Gasteiger charge is 2.38. The molecule has 1 aromatic rings. The van der Waals surface area contributed by atoms with E-state index >= 15 is 0 Å². The smallest absolute Gasteiger partial charge is 0.305 e. The predicted molar refractivity (Wildman–Crippen MR) is 202 cm³/mol. The summed E-state index contributed by atoms with van der Waals surface area (Å²) in [5.41, 5.74) is 16.5. The van der Waals surface area contributed by atoms with E-state index in [1.54, 1.807) is 30.3 Å². The molecule has 54 heavy (non-hydrogen) atoms. The number of hydrogen-bond acceptors (Lipinski definition) is 11. The fourth-order valence-electron chi connectivity index (χ4n) is 5.42. The summed E-state index contributed by atoms with van der Waals surface area (Å²) in [6.07, 6.45) is 2.17. The molecular weight excluding hydrogens is 745 g/mol. The minimum absolute atomic E-state index is 0.0203. The number of fused-ring (bicyclic) bond motifs is 1. The summed E-state index contributed by atoms with van der Waals surface area (Å²) < 4.78 is 0. The zero-order valence-electron chi connectivity index (χ0n) is 29.4. The molecule has 294 valence electrons. The number of carbonyl (C=O) groups is 8. The Bertz CT molecular complexity index is 1610. The second-order valence-electron chi connectivity index (χ2n) is 12.3. The Kier molecular flexibility index (Phi) is 17.6. The van der Waals surface area contributed by atoms with E-state index in [1.165, 1.54) is 32.6 Å². The number of carboxylic acids is 1. The van der Waals surface area contributed by atoms with E-state index in [4.69, 9.17) is 17.2 Å². The number of amides is 7. The summed E-state index contributed by atoms with van der Waals surface area (Å²) in [4.78, 5) is 109. The number of nitrogens with one attached hydrogen (secondary N) is 5. The number of primary amides is 1. The lowest BCUT2D eigenvalue weighted by molar-refractivity contribution is -0.141. The Balaban J connectivity index is 1.92. The van der Waals surface area contributed by atoms with Crippen LogP contribution in [0.4, 0.5) is 0 Å². The van der Waals surface area contributed by atoms with Gasteiger partial charge in [0.05, 0.1) is 13.0 Å². The number of aliphatic imine (C=N–C) groups is 1. The fourth-order valence-corrected chi connectivity index (χ4v) is 7.59. The van der Waals surface area contributed by atoms with Gasteiger partial charge in [0.15, 0.2) is 5.96 Å². The van der Waals surface area contributed by atoms with Crippen molar-refractivity contribution in [1.29, 1.82) is 0 Å². The first-order valence-corrected chi connectivity index (χ1v) is 19.6. The molecular formula is C33H46N10O9S2. The summed E-state index contributed by atoms with van der Waals surface area (Å²) in [6, 6.07) is 3.49. The van der Waals surface area contributed by atoms with E-state index < -0.39 is 84.5 Å². The molecule has 2 fully saturated rings. The van der Waals surface area contributed by atoms with E-state index in [9.17, 15) is 43.5 Å². The van der Waals surface area contributed by atoms with Crippen molar-refractivity contribution >= 4 is 80.9 Å². The minimum atomic E-state index is -1.70. The van der Waals surface area contributed by atoms with Crippen LogP contribution >= 0.6 is 21.6 Å². The van der Waals surface area contributed by atoms with Gasteiger partial charge in [-0.25, -0.2) is 0 Å². The normalized spacial score (nSPS) is 23.6. The first-order valence-electron chi connectivity index (χ1n) is 17.1. The second-order valence-corrected chi connectivity index (χ2v) is 14.9. The van der Waals surface area contributed by atoms with Gasteiger partial charge in [-0.15, -0.1) is 0 Å². The first kappa shape index (κ1) is 43.1. The van der Waals surface area contributed by atoms with Gasteiger partial charge in [-0.1, -0.05) is 51.9 Å². The number of rotatable bonds is 9. The van der Waals surface area contributed by atoms with Crippen LogP contribution in [0.15, 0.2) is 41.0 Å². The number of aliphatic carboxylic acids is 1. The summed E-state index contributed by atoms with van der Waals surface area (Å²) in [5.74, 6) is -6.60. The molecule has 2 saturated heterocycles. The van der Waals surface area contributed by atoms with E-state index in [-0.39, 0.29) is 55.5 Å². The van der Waals surface area contributed by atoms with E-state index in [0.29, 0.717) is 24.8 Å². The van der Waals surface area contributed by atoms with Crippen molar-refractivity contribution in [1.82, 2.24) is 31.5 Å². The van der Waals surface area contributed by atoms with Gasteiger partial charge in [-0.3, -0.25) is 43.3 Å². The average Bonchev–Trinajstić information content (AvgIpc) is 3.62. The maximum absolute atomic E-state index is 14.0. The average molecular weight is 791 g/mol. The molecule has 0 radical (unpaired) electrons. The number of unbranched alkanes of at least 4 members (excludes halogenated alkanes) is 1. The molecule has 2 aliphatic heterocycles. The molecule has 2 aliphatic rings. The van der Waals surface area contributed by atoms with Crippen molar-refractivity contribution in [2.45, 2.75) is 69.1 Å². The Hall–Kier alpha value is -5.31. The third kappa shape index (κ3) is 14.6. The maximum Gasteiger partial charge on any atom is 0.305 e. The number of guanidine groups is 1. The minimum Gasteiger partial charge on any atom is -0.481 e. The number of carboxylic acid groups (broad SMARTS) is 1. The third-order valence-corrected chi connectivity index (χ3v) is 10.5. The Morgan fingerprint density at radius 3 is 2.31 bits per heavy atom. The van der Waals surface area contributed by atoms with Crippen LogP contribution < -0.4 is 43.8 Å². The van der Waals surface area contributed by atoms with Crippen molar-refractivity contribution < 1.29 is 43.5 Å². The van der Waals surface area contributed by atoms with Crippen molar-refractivity contribution in [3.63, 3.8) is 0 Å². The number of carbonyl (C=O) groups excluding carboxylic acids is 7. The van der Waals surface area contributed by atoms with Crippen LogP contribution in [0.3, 0.4) is 0 Å². The molecule has 0 saturated carbocycles. The van der Waals surface area contributed by atoms with Gasteiger partial charge in [0, 0.05) is 31.0 Å². The Morgan fingerprint density at radius 2 is 1.63 bits per heavy atom. The lowest BCUT2D eigenvalue weighted by Gasteiger charge is -2.27. The number of nitrogens with zero attached hydrogens (tertiary/aromatic N) is 2. The van der Waals surface area contributed by atoms with Crippen LogP contribution in [0.5, 0.6) is 0 Å². The van der Waals surface area contributed by atoms with Crippen LogP contribution in [-0.2, 0) is 38.4 Å². The monoisotopic (exact) mass is 790 g/mol. The molecule has 0 aromatic heterocycles. The standard InChI is InChI=1S/C33H46N10O9S2/c34-28(48)23-18-54-53-14-11-25(44)39-20(9-4-5-12-37-33(35)36)29(49)38-17-26(45)40-21(16-27(46)47)30(50)41-22(15-19-7-2-1-3-8-19)32(52)43-13-6-10-24(43)31(51)42-23/h1-3,7-8,15,20-21,23-24H,4-6,9-14,16-18H2,(H2,34,48)(H,38,49)(H,39,44)(H,40,45)(H,41,50)(H,42,51)(H,46,47)(H4,35,36,37)/b22-15+. The molecule has 4 atom stereocenters. The molecule has 0 aliphatic carbocycles. The molecule has 7 amide bonds. The highest BCUT2D eigenvalue weighted by atomic mass is 33.1. The van der Waals surface area contributed by atoms with Gasteiger partial charge in [0.25, 0.3) is 5.91 Å². The number of hydrogen-bond donors (Lipinski definition) is 9. The fraction of sp³-hybridized carbons (Fsp3) is 0.485. The highest BCUT2D eigenvalue weighted by molar-refractivity contribution is 8.76. The molecule has 19 nitrogen and oxygen atoms in total. The second kappa shape index (κ2) is 22.0. The SMILES string of the molecule is NC(=O)C1CSSCCC(=O)NC(CCCCN=C(N)N)C(=O)NCC(=O)NC(CC(=O)O)C(=O)N/C(=C/c2ccccc2)C(=O)N2CCCC2C(=O)N1. The quantitative estimate of drug-likeness (QED) is 0.0426. The van der Waals surface area contributed by atoms with Crippen molar-refractivity contribution in [2.75, 3.05) is 31.1 Å². The van der Waals surface area contributed by atoms with Crippen molar-refractivity contribution in [3.05, 3.63) is 41.6 Å². The lowest BCUT2D eigenvalue weighted by Crippen LogP contribution is -2.55. The number of benzene rings is 1. The highest BCUT2D eigenvalue weighted by Crippen LogP contribution is 2.24. The van der Waals surface area contributed by atoms with Crippen LogP contribution in [0.25, 0.3) is 6.08 Å². The molecule has 1 aromatic carbocycles. The predicted octanol–water partition coefficient (Wildman–Crippen LogP) is -2.11. The van der Waals surface area contributed by atoms with Crippen LogP contribution in [0, 0.1) is 0 Å². The zero-order chi connectivity index (χ0) is 39.6. The van der Waals surface area contributed by atoms with Crippen LogP contribution in [0.2, 0.25) is 0 Å². The summed E-state index contributed by atoms with van der Waals surface area (Å²) >= 11 is 0. The first-order chi connectivity index (χ1) is 25.7. The molecule has 4 unspecified atom stereocenters. The number of nitrogens with two attached hydrogens (primary N) is 3. The molecule has 12 N–H and O–H groups in total. The lowest BCUT2D eigenvalue weighted by atomic mass is 10.1. The molecule has 0 bridgehead atoms. The largest absolute Gasteiger partial charge is 0.481 e. The van der Waals surface area contributed by atoms with Crippen molar-refractivity contribution in [2.24, 2.45) is 22.2 Å². The van der Waals surface area contributed by atoms with E-state index in [0.717, 1.165) is 0 Å². The third-order valence-electron chi connectivity index (χ3n) is 8.11. The molecule has 0 spiro atoms. The summed E-state index contributed by atoms with van der Waals surface area (Å²) in [7, 11) is 2.43. The van der Waals surface area contributed by atoms with Gasteiger partial charge < -0.3 is 53.8 Å². The van der Waals surface area contributed by atoms with Gasteiger partial charge in [-0.05, 0) is 43.7 Å². The zero-order valence-corrected chi connectivity index (χ0v) is 31.0.